The van der Waals surface area contributed by atoms with Crippen LogP contribution in [0.1, 0.15) is 38.8 Å². The molecule has 0 aliphatic heterocycles. The Morgan fingerprint density at radius 1 is 0.871 bits per heavy atom. The highest BCUT2D eigenvalue weighted by Crippen LogP contribution is 2.36. The standard InChI is InChI=1S/C21H13F6IN2O/c22-20(23,24)13-9-7-12(8-10-13)17(18-15(21(25,26)27)5-3-11-29-18)30-19(31)14-4-1-2-6-16(14)28/h1-11,17H,(H,30,31). The van der Waals surface area contributed by atoms with Gasteiger partial charge in [-0.2, -0.15) is 26.3 Å². The Morgan fingerprint density at radius 2 is 1.52 bits per heavy atom. The molecule has 1 heterocycles. The minimum absolute atomic E-state index is 0.0245. The number of hydrogen-bond donors (Lipinski definition) is 1. The largest absolute Gasteiger partial charge is 0.418 e. The van der Waals surface area contributed by atoms with Gasteiger partial charge in [-0.05, 0) is 64.6 Å². The molecule has 3 aromatic rings. The van der Waals surface area contributed by atoms with Gasteiger partial charge < -0.3 is 5.32 Å². The molecule has 1 aromatic heterocycles. The van der Waals surface area contributed by atoms with Crippen LogP contribution in [0, 0.1) is 3.57 Å². The molecular formula is C21H13F6IN2O. The predicted molar refractivity (Wildman–Crippen MR) is 109 cm³/mol. The Hall–Kier alpha value is -2.63. The lowest BCUT2D eigenvalue weighted by Crippen LogP contribution is -2.32. The Kier molecular flexibility index (Phi) is 6.58. The summed E-state index contributed by atoms with van der Waals surface area (Å²) in [4.78, 5) is 16.6. The fourth-order valence-electron chi connectivity index (χ4n) is 2.92. The van der Waals surface area contributed by atoms with Crippen molar-refractivity contribution < 1.29 is 31.1 Å². The molecule has 31 heavy (non-hydrogen) atoms. The van der Waals surface area contributed by atoms with Crippen molar-refractivity contribution in [3.05, 3.63) is 98.4 Å². The van der Waals surface area contributed by atoms with Crippen molar-refractivity contribution in [3.8, 4) is 0 Å². The van der Waals surface area contributed by atoms with E-state index in [1.807, 2.05) is 22.6 Å². The van der Waals surface area contributed by atoms with Gasteiger partial charge in [-0.25, -0.2) is 0 Å². The van der Waals surface area contributed by atoms with Crippen LogP contribution in [0.4, 0.5) is 26.3 Å². The highest BCUT2D eigenvalue weighted by molar-refractivity contribution is 14.1. The lowest BCUT2D eigenvalue weighted by Gasteiger charge is -2.23. The minimum Gasteiger partial charge on any atom is -0.339 e. The highest BCUT2D eigenvalue weighted by Gasteiger charge is 2.37. The van der Waals surface area contributed by atoms with Crippen LogP contribution in [-0.2, 0) is 12.4 Å². The van der Waals surface area contributed by atoms with E-state index in [4.69, 9.17) is 0 Å². The van der Waals surface area contributed by atoms with Crippen LogP contribution in [-0.4, -0.2) is 10.9 Å². The number of nitrogens with one attached hydrogen (secondary N) is 1. The molecule has 162 valence electrons. The quantitative estimate of drug-likeness (QED) is 0.309. The maximum Gasteiger partial charge on any atom is 0.418 e. The monoisotopic (exact) mass is 550 g/mol. The molecule has 0 saturated carbocycles. The Bertz CT molecular complexity index is 1080. The molecule has 2 aromatic carbocycles. The number of amides is 1. The summed E-state index contributed by atoms with van der Waals surface area (Å²) in [6.07, 6.45) is -8.26. The smallest absolute Gasteiger partial charge is 0.339 e. The van der Waals surface area contributed by atoms with Crippen LogP contribution in [0.5, 0.6) is 0 Å². The number of pyridine rings is 1. The van der Waals surface area contributed by atoms with Gasteiger partial charge in [0.05, 0.1) is 28.4 Å². The average molecular weight is 550 g/mol. The maximum atomic E-state index is 13.6. The van der Waals surface area contributed by atoms with Gasteiger partial charge in [0, 0.05) is 9.77 Å². The van der Waals surface area contributed by atoms with Crippen LogP contribution >= 0.6 is 22.6 Å². The number of hydrogen-bond acceptors (Lipinski definition) is 2. The fraction of sp³-hybridized carbons (Fsp3) is 0.143. The van der Waals surface area contributed by atoms with Crippen molar-refractivity contribution in [1.29, 1.82) is 0 Å². The number of benzene rings is 2. The van der Waals surface area contributed by atoms with Gasteiger partial charge >= 0.3 is 12.4 Å². The summed E-state index contributed by atoms with van der Waals surface area (Å²) in [6, 6.07) is 10.4. The van der Waals surface area contributed by atoms with Crippen molar-refractivity contribution >= 4 is 28.5 Å². The van der Waals surface area contributed by atoms with E-state index >= 15 is 0 Å². The molecule has 0 radical (unpaired) electrons. The topological polar surface area (TPSA) is 42.0 Å². The third-order valence-corrected chi connectivity index (χ3v) is 5.32. The zero-order valence-corrected chi connectivity index (χ0v) is 17.6. The third-order valence-electron chi connectivity index (χ3n) is 4.38. The summed E-state index contributed by atoms with van der Waals surface area (Å²) in [5.74, 6) is -0.686. The number of aromatic nitrogens is 1. The first-order chi connectivity index (χ1) is 14.5. The number of halogens is 7. The van der Waals surface area contributed by atoms with Crippen LogP contribution in [0.3, 0.4) is 0 Å². The van der Waals surface area contributed by atoms with Crippen molar-refractivity contribution in [3.63, 3.8) is 0 Å². The summed E-state index contributed by atoms with van der Waals surface area (Å²) in [5, 5.41) is 2.49. The molecule has 0 aliphatic carbocycles. The number of carbonyl (C=O) groups is 1. The van der Waals surface area contributed by atoms with Gasteiger partial charge in [0.2, 0.25) is 0 Å². The summed E-state index contributed by atoms with van der Waals surface area (Å²) >= 11 is 1.90. The second-order valence-corrected chi connectivity index (χ2v) is 7.60. The molecule has 0 fully saturated rings. The van der Waals surface area contributed by atoms with E-state index in [0.717, 1.165) is 42.6 Å². The lowest BCUT2D eigenvalue weighted by atomic mass is 9.97. The Morgan fingerprint density at radius 3 is 2.10 bits per heavy atom. The van der Waals surface area contributed by atoms with Crippen LogP contribution in [0.25, 0.3) is 0 Å². The lowest BCUT2D eigenvalue weighted by molar-refractivity contribution is -0.139. The van der Waals surface area contributed by atoms with Crippen LogP contribution in [0.2, 0.25) is 0 Å². The summed E-state index contributed by atoms with van der Waals surface area (Å²) in [5.41, 5.74) is -2.34. The van der Waals surface area contributed by atoms with E-state index < -0.39 is 41.1 Å². The van der Waals surface area contributed by atoms with Crippen molar-refractivity contribution in [2.45, 2.75) is 18.4 Å². The molecular weight excluding hydrogens is 537 g/mol. The summed E-state index contributed by atoms with van der Waals surface area (Å²) < 4.78 is 80.0. The molecule has 0 aliphatic rings. The molecule has 0 spiro atoms. The van der Waals surface area contributed by atoms with E-state index in [9.17, 15) is 31.1 Å². The molecule has 3 nitrogen and oxygen atoms in total. The molecule has 0 saturated heterocycles. The number of alkyl halides is 6. The van der Waals surface area contributed by atoms with E-state index in [0.29, 0.717) is 3.57 Å². The SMILES string of the molecule is O=C(NC(c1ccc(C(F)(F)F)cc1)c1ncccc1C(F)(F)F)c1ccccc1I. The zero-order chi connectivity index (χ0) is 22.8. The van der Waals surface area contributed by atoms with Gasteiger partial charge in [0.25, 0.3) is 5.91 Å². The van der Waals surface area contributed by atoms with Crippen molar-refractivity contribution in [2.24, 2.45) is 0 Å². The van der Waals surface area contributed by atoms with Gasteiger partial charge in [0.15, 0.2) is 0 Å². The third kappa shape index (κ3) is 5.35. The van der Waals surface area contributed by atoms with Crippen LogP contribution < -0.4 is 5.32 Å². The normalized spacial score (nSPS) is 13.0. The van der Waals surface area contributed by atoms with Crippen molar-refractivity contribution in [1.82, 2.24) is 10.3 Å². The van der Waals surface area contributed by atoms with Gasteiger partial charge in [0.1, 0.15) is 0 Å². The number of nitrogens with zero attached hydrogens (tertiary/aromatic N) is 1. The van der Waals surface area contributed by atoms with E-state index in [2.05, 4.69) is 10.3 Å². The van der Waals surface area contributed by atoms with Crippen LogP contribution in [0.15, 0.2) is 66.9 Å². The first-order valence-electron chi connectivity index (χ1n) is 8.73. The minimum atomic E-state index is -4.78. The van der Waals surface area contributed by atoms with Gasteiger partial charge in [-0.15, -0.1) is 0 Å². The molecule has 3 rings (SSSR count). The summed E-state index contributed by atoms with van der Waals surface area (Å²) in [7, 11) is 0. The van der Waals surface area contributed by atoms with E-state index in [1.165, 1.54) is 6.07 Å². The maximum absolute atomic E-state index is 13.6. The molecule has 1 N–H and O–H groups in total. The molecule has 10 heteroatoms. The Labute approximate surface area is 186 Å². The zero-order valence-electron chi connectivity index (χ0n) is 15.4. The number of rotatable bonds is 4. The Balaban J connectivity index is 2.09. The average Bonchev–Trinajstić information content (AvgIpc) is 2.71. The highest BCUT2D eigenvalue weighted by atomic mass is 127. The van der Waals surface area contributed by atoms with Gasteiger partial charge in [-0.1, -0.05) is 24.3 Å². The van der Waals surface area contributed by atoms with Crippen molar-refractivity contribution in [2.75, 3.05) is 0 Å². The first-order valence-corrected chi connectivity index (χ1v) is 9.81. The molecule has 1 atom stereocenters. The molecule has 0 bridgehead atoms. The van der Waals surface area contributed by atoms with E-state index in [-0.39, 0.29) is 11.1 Å². The summed E-state index contributed by atoms with van der Waals surface area (Å²) in [6.45, 7) is 0. The second kappa shape index (κ2) is 8.85. The molecule has 1 amide bonds. The van der Waals surface area contributed by atoms with E-state index in [1.54, 1.807) is 18.2 Å². The predicted octanol–water partition coefficient (Wildman–Crippen LogP) is 6.24. The first kappa shape index (κ1) is 23.0. The van der Waals surface area contributed by atoms with Gasteiger partial charge in [-0.3, -0.25) is 9.78 Å². The fourth-order valence-corrected chi connectivity index (χ4v) is 3.55. The molecule has 1 unspecified atom stereocenters. The number of carbonyl (C=O) groups excluding carboxylic acids is 1. The second-order valence-electron chi connectivity index (χ2n) is 6.44.